The van der Waals surface area contributed by atoms with Gasteiger partial charge in [0.15, 0.2) is 5.60 Å². The molecule has 1 aliphatic carbocycles. The molecule has 0 aromatic carbocycles. The molecule has 0 amide bonds. The lowest BCUT2D eigenvalue weighted by molar-refractivity contribution is -0.299. The van der Waals surface area contributed by atoms with Gasteiger partial charge < -0.3 is 5.11 Å². The van der Waals surface area contributed by atoms with E-state index in [1.54, 1.807) is 0 Å². The van der Waals surface area contributed by atoms with E-state index in [4.69, 9.17) is 5.11 Å². The van der Waals surface area contributed by atoms with Gasteiger partial charge >= 0.3 is 6.18 Å². The van der Waals surface area contributed by atoms with Crippen LogP contribution in [0.5, 0.6) is 0 Å². The lowest BCUT2D eigenvalue weighted by Crippen LogP contribution is -2.55. The van der Waals surface area contributed by atoms with E-state index in [1.807, 2.05) is 13.8 Å². The molecule has 0 bridgehead atoms. The first-order chi connectivity index (χ1) is 5.74. The minimum atomic E-state index is -4.44. The lowest BCUT2D eigenvalue weighted by atomic mass is 9.67. The van der Waals surface area contributed by atoms with Gasteiger partial charge in [-0.25, -0.2) is 0 Å². The maximum atomic E-state index is 12.1. The van der Waals surface area contributed by atoms with Gasteiger partial charge in [0.25, 0.3) is 0 Å². The van der Waals surface area contributed by atoms with Crippen molar-refractivity contribution in [1.29, 1.82) is 0 Å². The van der Waals surface area contributed by atoms with Gasteiger partial charge in [-0.05, 0) is 31.1 Å². The molecule has 1 nitrogen and oxygen atoms in total. The third kappa shape index (κ3) is 2.16. The molecule has 0 spiro atoms. The van der Waals surface area contributed by atoms with Gasteiger partial charge in [-0.15, -0.1) is 0 Å². The zero-order chi connectivity index (χ0) is 10.3. The number of hydrogen-bond donors (Lipinski definition) is 1. The van der Waals surface area contributed by atoms with E-state index >= 15 is 0 Å². The molecule has 0 saturated heterocycles. The predicted octanol–water partition coefficient (Wildman–Crippen LogP) is 2.74. The summed E-state index contributed by atoms with van der Waals surface area (Å²) in [6.45, 7) is 3.95. The van der Waals surface area contributed by atoms with E-state index in [2.05, 4.69) is 0 Å². The molecule has 0 aromatic rings. The summed E-state index contributed by atoms with van der Waals surface area (Å²) in [5.41, 5.74) is -2.38. The summed E-state index contributed by atoms with van der Waals surface area (Å²) in [4.78, 5) is 0. The molecule has 0 aliphatic heterocycles. The van der Waals surface area contributed by atoms with E-state index in [-0.39, 0.29) is 18.8 Å². The summed E-state index contributed by atoms with van der Waals surface area (Å²) < 4.78 is 36.4. The predicted molar refractivity (Wildman–Crippen MR) is 43.2 cm³/mol. The highest BCUT2D eigenvalue weighted by Crippen LogP contribution is 2.50. The zero-order valence-electron chi connectivity index (χ0n) is 7.86. The maximum absolute atomic E-state index is 12.1. The van der Waals surface area contributed by atoms with Crippen molar-refractivity contribution in [2.24, 2.45) is 11.8 Å². The molecular formula is C9H15F3O. The van der Waals surface area contributed by atoms with Crippen LogP contribution in [0, 0.1) is 11.8 Å². The Morgan fingerprint density at radius 2 is 1.85 bits per heavy atom. The van der Waals surface area contributed by atoms with Crippen molar-refractivity contribution in [1.82, 2.24) is 0 Å². The molecule has 0 heterocycles. The van der Waals surface area contributed by atoms with Crippen LogP contribution in [0.4, 0.5) is 13.2 Å². The highest BCUT2D eigenvalue weighted by molar-refractivity contribution is 4.99. The Kier molecular flexibility index (Phi) is 2.63. The molecular weight excluding hydrogens is 181 g/mol. The minimum absolute atomic E-state index is 0.0478. The van der Waals surface area contributed by atoms with Crippen molar-refractivity contribution in [2.45, 2.75) is 44.9 Å². The van der Waals surface area contributed by atoms with Crippen molar-refractivity contribution in [3.63, 3.8) is 0 Å². The third-order valence-corrected chi connectivity index (χ3v) is 2.59. The van der Waals surface area contributed by atoms with Crippen LogP contribution in [-0.2, 0) is 0 Å². The fraction of sp³-hybridized carbons (Fsp3) is 1.00. The Bertz CT molecular complexity index is 180. The monoisotopic (exact) mass is 196 g/mol. The minimum Gasteiger partial charge on any atom is -0.380 e. The standard InChI is InChI=1S/C9H15F3O/c1-6(2)3-7-4-8(13,5-7)9(10,11)12/h6-7,13H,3-5H2,1-2H3. The first-order valence-electron chi connectivity index (χ1n) is 4.54. The van der Waals surface area contributed by atoms with Crippen LogP contribution in [0.25, 0.3) is 0 Å². The summed E-state index contributed by atoms with van der Waals surface area (Å²) in [6, 6.07) is 0. The molecule has 0 radical (unpaired) electrons. The largest absolute Gasteiger partial charge is 0.417 e. The first kappa shape index (κ1) is 10.8. The zero-order valence-corrected chi connectivity index (χ0v) is 7.86. The van der Waals surface area contributed by atoms with E-state index in [0.29, 0.717) is 5.92 Å². The van der Waals surface area contributed by atoms with Gasteiger partial charge in [0.05, 0.1) is 0 Å². The Morgan fingerprint density at radius 3 is 2.15 bits per heavy atom. The Labute approximate surface area is 75.9 Å². The molecule has 1 fully saturated rings. The van der Waals surface area contributed by atoms with Crippen LogP contribution in [0.3, 0.4) is 0 Å². The van der Waals surface area contributed by atoms with Gasteiger partial charge in [-0.1, -0.05) is 13.8 Å². The molecule has 78 valence electrons. The van der Waals surface area contributed by atoms with Crippen molar-refractivity contribution >= 4 is 0 Å². The molecule has 1 aliphatic rings. The number of hydrogen-bond acceptors (Lipinski definition) is 1. The van der Waals surface area contributed by atoms with Crippen LogP contribution < -0.4 is 0 Å². The molecule has 1 N–H and O–H groups in total. The average molecular weight is 196 g/mol. The van der Waals surface area contributed by atoms with Crippen LogP contribution >= 0.6 is 0 Å². The van der Waals surface area contributed by atoms with E-state index in [1.165, 1.54) is 0 Å². The number of halogens is 3. The Hall–Kier alpha value is -0.250. The van der Waals surface area contributed by atoms with Crippen LogP contribution in [-0.4, -0.2) is 16.9 Å². The highest BCUT2D eigenvalue weighted by atomic mass is 19.4. The average Bonchev–Trinajstić information content (AvgIpc) is 1.79. The maximum Gasteiger partial charge on any atom is 0.417 e. The van der Waals surface area contributed by atoms with Crippen LogP contribution in [0.2, 0.25) is 0 Å². The molecule has 4 heteroatoms. The van der Waals surface area contributed by atoms with Gasteiger partial charge in [0.2, 0.25) is 0 Å². The van der Waals surface area contributed by atoms with Crippen molar-refractivity contribution in [2.75, 3.05) is 0 Å². The van der Waals surface area contributed by atoms with E-state index < -0.39 is 11.8 Å². The SMILES string of the molecule is CC(C)CC1CC(O)(C(F)(F)F)C1. The second-order valence-corrected chi connectivity index (χ2v) is 4.43. The van der Waals surface area contributed by atoms with Gasteiger partial charge in [0.1, 0.15) is 0 Å². The molecule has 0 aromatic heterocycles. The number of aliphatic hydroxyl groups is 1. The lowest BCUT2D eigenvalue weighted by Gasteiger charge is -2.45. The molecule has 13 heavy (non-hydrogen) atoms. The fourth-order valence-electron chi connectivity index (χ4n) is 1.96. The van der Waals surface area contributed by atoms with Crippen molar-refractivity contribution in [3.05, 3.63) is 0 Å². The summed E-state index contributed by atoms with van der Waals surface area (Å²) >= 11 is 0. The second-order valence-electron chi connectivity index (χ2n) is 4.43. The van der Waals surface area contributed by atoms with Crippen LogP contribution in [0.1, 0.15) is 33.1 Å². The number of alkyl halides is 3. The van der Waals surface area contributed by atoms with Crippen molar-refractivity contribution < 1.29 is 18.3 Å². The Morgan fingerprint density at radius 1 is 1.38 bits per heavy atom. The molecule has 1 saturated carbocycles. The highest BCUT2D eigenvalue weighted by Gasteiger charge is 2.60. The third-order valence-electron chi connectivity index (χ3n) is 2.59. The summed E-state index contributed by atoms with van der Waals surface area (Å²) in [5.74, 6) is 0.453. The van der Waals surface area contributed by atoms with Gasteiger partial charge in [-0.2, -0.15) is 13.2 Å². The van der Waals surface area contributed by atoms with Gasteiger partial charge in [0, 0.05) is 0 Å². The first-order valence-corrected chi connectivity index (χ1v) is 4.54. The summed E-state index contributed by atoms with van der Waals surface area (Å²) in [6.07, 6.45) is -3.90. The van der Waals surface area contributed by atoms with Crippen LogP contribution in [0.15, 0.2) is 0 Å². The van der Waals surface area contributed by atoms with E-state index in [0.717, 1.165) is 6.42 Å². The fourth-order valence-corrected chi connectivity index (χ4v) is 1.96. The Balaban J connectivity index is 2.39. The van der Waals surface area contributed by atoms with Gasteiger partial charge in [-0.3, -0.25) is 0 Å². The molecule has 0 atom stereocenters. The molecule has 0 unspecified atom stereocenters. The van der Waals surface area contributed by atoms with Crippen molar-refractivity contribution in [3.8, 4) is 0 Å². The smallest absolute Gasteiger partial charge is 0.380 e. The summed E-state index contributed by atoms with van der Waals surface area (Å²) in [7, 11) is 0. The summed E-state index contributed by atoms with van der Waals surface area (Å²) in [5, 5.41) is 9.10. The quantitative estimate of drug-likeness (QED) is 0.720. The molecule has 1 rings (SSSR count). The second kappa shape index (κ2) is 3.15. The van der Waals surface area contributed by atoms with E-state index in [9.17, 15) is 13.2 Å². The normalized spacial score (nSPS) is 34.8. The topological polar surface area (TPSA) is 20.2 Å². The number of rotatable bonds is 2.